The smallest absolute Gasteiger partial charge is 0.205 e. The summed E-state index contributed by atoms with van der Waals surface area (Å²) in [6, 6.07) is 5.95. The Labute approximate surface area is 121 Å². The Balaban J connectivity index is 2.16. The van der Waals surface area contributed by atoms with E-state index in [4.69, 9.17) is 10.5 Å². The molecule has 1 aromatic rings. The summed E-state index contributed by atoms with van der Waals surface area (Å²) in [6.07, 6.45) is 1.20. The fourth-order valence-corrected chi connectivity index (χ4v) is 3.68. The Morgan fingerprint density at radius 2 is 2.30 bits per heavy atom. The van der Waals surface area contributed by atoms with Gasteiger partial charge in [-0.15, -0.1) is 11.3 Å². The lowest BCUT2D eigenvalue weighted by molar-refractivity contribution is -0.117. The molecule has 2 unspecified atom stereocenters. The second-order valence-electron chi connectivity index (χ2n) is 5.21. The van der Waals surface area contributed by atoms with Crippen LogP contribution in [0.3, 0.4) is 0 Å². The third-order valence-electron chi connectivity index (χ3n) is 3.69. The molecule has 0 fully saturated rings. The molecule has 0 aromatic carbocycles. The minimum atomic E-state index is -0.358. The van der Waals surface area contributed by atoms with E-state index in [1.54, 1.807) is 0 Å². The molecular formula is C15H14N2O2S. The second-order valence-corrected chi connectivity index (χ2v) is 6.19. The van der Waals surface area contributed by atoms with Gasteiger partial charge in [-0.3, -0.25) is 4.79 Å². The van der Waals surface area contributed by atoms with Gasteiger partial charge >= 0.3 is 0 Å². The summed E-state index contributed by atoms with van der Waals surface area (Å²) < 4.78 is 5.56. The number of nitriles is 1. The van der Waals surface area contributed by atoms with E-state index in [0.29, 0.717) is 29.7 Å². The number of thiophene rings is 1. The van der Waals surface area contributed by atoms with Gasteiger partial charge in [-0.25, -0.2) is 0 Å². The molecule has 3 rings (SSSR count). The van der Waals surface area contributed by atoms with Gasteiger partial charge in [0.25, 0.3) is 0 Å². The van der Waals surface area contributed by atoms with Crippen molar-refractivity contribution in [3.8, 4) is 6.07 Å². The maximum absolute atomic E-state index is 12.4. The van der Waals surface area contributed by atoms with E-state index in [1.165, 1.54) is 11.3 Å². The number of ketones is 1. The largest absolute Gasteiger partial charge is 0.444 e. The first-order valence-corrected chi connectivity index (χ1v) is 7.37. The zero-order chi connectivity index (χ0) is 14.3. The lowest BCUT2D eigenvalue weighted by atomic mass is 9.78. The molecule has 2 N–H and O–H groups in total. The summed E-state index contributed by atoms with van der Waals surface area (Å²) >= 11 is 1.53. The molecule has 102 valence electrons. The molecule has 1 aliphatic carbocycles. The van der Waals surface area contributed by atoms with Gasteiger partial charge in [0.2, 0.25) is 5.88 Å². The van der Waals surface area contributed by atoms with E-state index in [9.17, 15) is 10.1 Å². The average molecular weight is 286 g/mol. The van der Waals surface area contributed by atoms with Crippen LogP contribution in [-0.4, -0.2) is 5.78 Å². The summed E-state index contributed by atoms with van der Waals surface area (Å²) in [4.78, 5) is 13.4. The van der Waals surface area contributed by atoms with Gasteiger partial charge in [-0.05, 0) is 17.4 Å². The predicted octanol–water partition coefficient (Wildman–Crippen LogP) is 2.81. The van der Waals surface area contributed by atoms with Crippen molar-refractivity contribution in [2.45, 2.75) is 25.7 Å². The molecule has 2 atom stereocenters. The standard InChI is InChI=1S/C15H14N2O2S/c1-8-5-10(18)14-11(6-8)19-15(17)9(7-16)13(14)12-3-2-4-20-12/h2-4,8,13H,5-6,17H2,1H3. The van der Waals surface area contributed by atoms with Crippen LogP contribution in [0, 0.1) is 17.2 Å². The quantitative estimate of drug-likeness (QED) is 0.861. The molecule has 0 saturated heterocycles. The SMILES string of the molecule is CC1CC(=O)C2=C(C1)OC(N)=C(C#N)C2c1cccs1. The maximum atomic E-state index is 12.4. The van der Waals surface area contributed by atoms with Crippen molar-refractivity contribution in [1.82, 2.24) is 0 Å². The molecule has 1 aliphatic heterocycles. The molecule has 0 radical (unpaired) electrons. The number of allylic oxidation sites excluding steroid dienone is 3. The van der Waals surface area contributed by atoms with Crippen molar-refractivity contribution in [2.24, 2.45) is 11.7 Å². The first-order chi connectivity index (χ1) is 9.61. The van der Waals surface area contributed by atoms with Gasteiger partial charge < -0.3 is 10.5 Å². The molecule has 5 heteroatoms. The Bertz CT molecular complexity index is 665. The van der Waals surface area contributed by atoms with E-state index in [1.807, 2.05) is 24.4 Å². The first kappa shape index (κ1) is 12.9. The lowest BCUT2D eigenvalue weighted by Crippen LogP contribution is -2.29. The molecule has 0 saturated carbocycles. The van der Waals surface area contributed by atoms with Crippen LogP contribution in [0.25, 0.3) is 0 Å². The summed E-state index contributed by atoms with van der Waals surface area (Å²) in [5.41, 5.74) is 6.84. The van der Waals surface area contributed by atoms with Gasteiger partial charge in [0, 0.05) is 23.3 Å². The third kappa shape index (κ3) is 1.93. The number of hydrogen-bond acceptors (Lipinski definition) is 5. The van der Waals surface area contributed by atoms with Gasteiger partial charge in [-0.2, -0.15) is 5.26 Å². The summed E-state index contributed by atoms with van der Waals surface area (Å²) in [7, 11) is 0. The van der Waals surface area contributed by atoms with E-state index < -0.39 is 0 Å². The second kappa shape index (κ2) is 4.80. The van der Waals surface area contributed by atoms with Gasteiger partial charge in [0.1, 0.15) is 17.4 Å². The Morgan fingerprint density at radius 1 is 1.50 bits per heavy atom. The van der Waals surface area contributed by atoms with Crippen molar-refractivity contribution < 1.29 is 9.53 Å². The summed E-state index contributed by atoms with van der Waals surface area (Å²) in [5, 5.41) is 11.3. The van der Waals surface area contributed by atoms with E-state index in [2.05, 4.69) is 6.07 Å². The highest BCUT2D eigenvalue weighted by atomic mass is 32.1. The zero-order valence-corrected chi connectivity index (χ0v) is 11.9. The molecule has 0 amide bonds. The van der Waals surface area contributed by atoms with Crippen LogP contribution >= 0.6 is 11.3 Å². The fourth-order valence-electron chi connectivity index (χ4n) is 2.83. The highest BCUT2D eigenvalue weighted by molar-refractivity contribution is 7.10. The van der Waals surface area contributed by atoms with Crippen LogP contribution in [0.1, 0.15) is 30.6 Å². The summed E-state index contributed by atoms with van der Waals surface area (Å²) in [5.74, 6) is 0.734. The van der Waals surface area contributed by atoms with Crippen LogP contribution < -0.4 is 5.73 Å². The molecule has 0 spiro atoms. The van der Waals surface area contributed by atoms with Crippen LogP contribution in [-0.2, 0) is 9.53 Å². The van der Waals surface area contributed by atoms with Crippen molar-refractivity contribution in [3.63, 3.8) is 0 Å². The number of rotatable bonds is 1. The number of carbonyl (C=O) groups excluding carboxylic acids is 1. The molecule has 4 nitrogen and oxygen atoms in total. The van der Waals surface area contributed by atoms with E-state index in [-0.39, 0.29) is 23.5 Å². The maximum Gasteiger partial charge on any atom is 0.205 e. The topological polar surface area (TPSA) is 76.1 Å². The highest BCUT2D eigenvalue weighted by Gasteiger charge is 2.39. The Hall–Kier alpha value is -2.06. The predicted molar refractivity (Wildman–Crippen MR) is 75.4 cm³/mol. The number of carbonyl (C=O) groups is 1. The van der Waals surface area contributed by atoms with E-state index in [0.717, 1.165) is 4.88 Å². The normalized spacial score (nSPS) is 26.1. The van der Waals surface area contributed by atoms with Crippen LogP contribution in [0.2, 0.25) is 0 Å². The minimum absolute atomic E-state index is 0.0670. The lowest BCUT2D eigenvalue weighted by Gasteiger charge is -2.32. The van der Waals surface area contributed by atoms with Crippen molar-refractivity contribution in [1.29, 1.82) is 5.26 Å². The Kier molecular flexibility index (Phi) is 3.11. The number of Topliss-reactive ketones (excluding diaryl/α,β-unsaturated/α-hetero) is 1. The van der Waals surface area contributed by atoms with Gasteiger partial charge in [-0.1, -0.05) is 13.0 Å². The zero-order valence-electron chi connectivity index (χ0n) is 11.1. The molecule has 0 bridgehead atoms. The first-order valence-electron chi connectivity index (χ1n) is 6.49. The number of nitrogens with two attached hydrogens (primary N) is 1. The average Bonchev–Trinajstić information content (AvgIpc) is 2.90. The van der Waals surface area contributed by atoms with Crippen molar-refractivity contribution >= 4 is 17.1 Å². The third-order valence-corrected chi connectivity index (χ3v) is 4.63. The molecule has 1 aromatic heterocycles. The van der Waals surface area contributed by atoms with Crippen molar-refractivity contribution in [3.05, 3.63) is 45.2 Å². The number of nitrogens with zero attached hydrogens (tertiary/aromatic N) is 1. The molecular weight excluding hydrogens is 272 g/mol. The molecule has 2 heterocycles. The highest BCUT2D eigenvalue weighted by Crippen LogP contribution is 2.45. The molecule has 2 aliphatic rings. The van der Waals surface area contributed by atoms with Crippen LogP contribution in [0.15, 0.2) is 40.3 Å². The monoisotopic (exact) mass is 286 g/mol. The summed E-state index contributed by atoms with van der Waals surface area (Å²) in [6.45, 7) is 2.02. The fraction of sp³-hybridized carbons (Fsp3) is 0.333. The minimum Gasteiger partial charge on any atom is -0.444 e. The van der Waals surface area contributed by atoms with Crippen molar-refractivity contribution in [2.75, 3.05) is 0 Å². The van der Waals surface area contributed by atoms with E-state index >= 15 is 0 Å². The van der Waals surface area contributed by atoms with Crippen LogP contribution in [0.5, 0.6) is 0 Å². The Morgan fingerprint density at radius 3 is 2.95 bits per heavy atom. The number of ether oxygens (including phenoxy) is 1. The van der Waals surface area contributed by atoms with Gasteiger partial charge in [0.05, 0.1) is 5.92 Å². The van der Waals surface area contributed by atoms with Crippen LogP contribution in [0.4, 0.5) is 0 Å². The van der Waals surface area contributed by atoms with Gasteiger partial charge in [0.15, 0.2) is 5.78 Å². The molecule has 20 heavy (non-hydrogen) atoms. The number of hydrogen-bond donors (Lipinski definition) is 1.